The Balaban J connectivity index is 2.98. The van der Waals surface area contributed by atoms with Gasteiger partial charge >= 0.3 is 0 Å². The predicted molar refractivity (Wildman–Crippen MR) is 55.4 cm³/mol. The van der Waals surface area contributed by atoms with E-state index < -0.39 is 10.0 Å². The molecule has 12 heavy (non-hydrogen) atoms. The number of hydrogen-bond acceptors (Lipinski definition) is 3. The third-order valence-electron chi connectivity index (χ3n) is 1.04. The smallest absolute Gasteiger partial charge is 0.231 e. The number of nitrogens with one attached hydrogen (secondary N) is 1. The number of halogens is 1. The van der Waals surface area contributed by atoms with E-state index in [1.54, 1.807) is 12.1 Å². The molecule has 0 radical (unpaired) electrons. The minimum absolute atomic E-state index is 0.376. The van der Waals surface area contributed by atoms with Crippen LogP contribution in [0, 0.1) is 3.57 Å². The van der Waals surface area contributed by atoms with E-state index in [-0.39, 0.29) is 0 Å². The zero-order chi connectivity index (χ0) is 9.19. The molecular weight excluding hydrogens is 291 g/mol. The number of pyridine rings is 1. The van der Waals surface area contributed by atoms with Crippen molar-refractivity contribution in [2.45, 2.75) is 0 Å². The van der Waals surface area contributed by atoms with E-state index in [0.29, 0.717) is 5.82 Å². The van der Waals surface area contributed by atoms with Gasteiger partial charge in [-0.15, -0.1) is 0 Å². The Hall–Kier alpha value is -0.370. The summed E-state index contributed by atoms with van der Waals surface area (Å²) in [6.45, 7) is 0. The Morgan fingerprint density at radius 3 is 2.75 bits per heavy atom. The van der Waals surface area contributed by atoms with Crippen molar-refractivity contribution >= 4 is 38.4 Å². The molecule has 0 saturated carbocycles. The fraction of sp³-hybridized carbons (Fsp3) is 0.167. The van der Waals surface area contributed by atoms with Crippen molar-refractivity contribution in [2.24, 2.45) is 0 Å². The van der Waals surface area contributed by atoms with E-state index in [1.165, 1.54) is 6.20 Å². The van der Waals surface area contributed by atoms with Crippen LogP contribution in [0.2, 0.25) is 0 Å². The molecule has 6 heteroatoms. The van der Waals surface area contributed by atoms with Gasteiger partial charge < -0.3 is 0 Å². The van der Waals surface area contributed by atoms with Gasteiger partial charge in [0.2, 0.25) is 10.0 Å². The molecule has 66 valence electrons. The van der Waals surface area contributed by atoms with E-state index >= 15 is 0 Å². The summed E-state index contributed by atoms with van der Waals surface area (Å²) >= 11 is 2.01. The Bertz CT molecular complexity index is 377. The lowest BCUT2D eigenvalue weighted by Crippen LogP contribution is -2.11. The Morgan fingerprint density at radius 2 is 2.25 bits per heavy atom. The molecule has 1 N–H and O–H groups in total. The third kappa shape index (κ3) is 2.94. The zero-order valence-corrected chi connectivity index (χ0v) is 9.26. The van der Waals surface area contributed by atoms with Crippen LogP contribution in [-0.2, 0) is 10.0 Å². The highest BCUT2D eigenvalue weighted by Crippen LogP contribution is 2.14. The second-order valence-corrected chi connectivity index (χ2v) is 5.12. The summed E-state index contributed by atoms with van der Waals surface area (Å²) < 4.78 is 24.7. The molecular formula is C6H7IN2O2S. The van der Waals surface area contributed by atoms with Gasteiger partial charge in [0.05, 0.1) is 9.83 Å². The zero-order valence-electron chi connectivity index (χ0n) is 6.28. The Kier molecular flexibility index (Phi) is 2.89. The van der Waals surface area contributed by atoms with E-state index in [4.69, 9.17) is 0 Å². The topological polar surface area (TPSA) is 59.1 Å². The molecule has 0 saturated heterocycles. The summed E-state index contributed by atoms with van der Waals surface area (Å²) in [4.78, 5) is 3.87. The molecule has 0 aliphatic carbocycles. The van der Waals surface area contributed by atoms with Crippen LogP contribution in [0.5, 0.6) is 0 Å². The van der Waals surface area contributed by atoms with Gasteiger partial charge in [0.25, 0.3) is 0 Å². The van der Waals surface area contributed by atoms with Gasteiger partial charge in [-0.2, -0.15) is 0 Å². The molecule has 0 fully saturated rings. The van der Waals surface area contributed by atoms with Gasteiger partial charge in [-0.1, -0.05) is 0 Å². The van der Waals surface area contributed by atoms with Crippen LogP contribution in [0.1, 0.15) is 0 Å². The molecule has 0 spiro atoms. The molecule has 1 aromatic heterocycles. The van der Waals surface area contributed by atoms with Crippen LogP contribution in [0.15, 0.2) is 18.3 Å². The van der Waals surface area contributed by atoms with Crippen molar-refractivity contribution in [3.05, 3.63) is 21.9 Å². The van der Waals surface area contributed by atoms with Crippen molar-refractivity contribution in [3.8, 4) is 0 Å². The molecule has 0 aliphatic rings. The van der Waals surface area contributed by atoms with Crippen LogP contribution in [0.4, 0.5) is 5.82 Å². The normalized spacial score (nSPS) is 11.2. The summed E-state index contributed by atoms with van der Waals surface area (Å²) in [6.07, 6.45) is 2.63. The molecule has 4 nitrogen and oxygen atoms in total. The Morgan fingerprint density at radius 1 is 1.58 bits per heavy atom. The second-order valence-electron chi connectivity index (χ2n) is 2.21. The largest absolute Gasteiger partial charge is 0.267 e. The highest BCUT2D eigenvalue weighted by Gasteiger charge is 2.05. The minimum Gasteiger partial charge on any atom is -0.267 e. The van der Waals surface area contributed by atoms with Crippen molar-refractivity contribution in [3.63, 3.8) is 0 Å². The third-order valence-corrected chi connectivity index (χ3v) is 2.48. The van der Waals surface area contributed by atoms with Gasteiger partial charge in [-0.05, 0) is 34.7 Å². The molecule has 0 atom stereocenters. The number of nitrogens with zero attached hydrogens (tertiary/aromatic N) is 1. The maximum atomic E-state index is 10.8. The number of sulfonamides is 1. The van der Waals surface area contributed by atoms with Crippen LogP contribution in [0.3, 0.4) is 0 Å². The summed E-state index contributed by atoms with van der Waals surface area (Å²) in [5, 5.41) is 0. The van der Waals surface area contributed by atoms with Gasteiger partial charge in [0.15, 0.2) is 5.82 Å². The van der Waals surface area contributed by atoms with Crippen LogP contribution >= 0.6 is 22.6 Å². The number of anilines is 1. The average Bonchev–Trinajstić information content (AvgIpc) is 1.91. The molecule has 1 rings (SSSR count). The molecule has 0 unspecified atom stereocenters. The quantitative estimate of drug-likeness (QED) is 0.831. The average molecular weight is 298 g/mol. The van der Waals surface area contributed by atoms with Crippen molar-refractivity contribution in [2.75, 3.05) is 11.0 Å². The fourth-order valence-corrected chi connectivity index (χ4v) is 1.81. The first-order valence-electron chi connectivity index (χ1n) is 3.07. The van der Waals surface area contributed by atoms with Crippen LogP contribution in [-0.4, -0.2) is 19.7 Å². The first-order chi connectivity index (χ1) is 5.49. The predicted octanol–water partition coefficient (Wildman–Crippen LogP) is 1.06. The number of rotatable bonds is 2. The van der Waals surface area contributed by atoms with Crippen LogP contribution < -0.4 is 4.72 Å². The van der Waals surface area contributed by atoms with Crippen LogP contribution in [0.25, 0.3) is 0 Å². The minimum atomic E-state index is -3.22. The second kappa shape index (κ2) is 3.56. The number of hydrogen-bond donors (Lipinski definition) is 1. The van der Waals surface area contributed by atoms with Gasteiger partial charge in [-0.3, -0.25) is 4.72 Å². The van der Waals surface area contributed by atoms with E-state index in [2.05, 4.69) is 9.71 Å². The summed E-state index contributed by atoms with van der Waals surface area (Å²) in [5.74, 6) is 0.376. The lowest BCUT2D eigenvalue weighted by Gasteiger charge is -2.03. The van der Waals surface area contributed by atoms with Crippen molar-refractivity contribution < 1.29 is 8.42 Å². The molecule has 1 aromatic rings. The van der Waals surface area contributed by atoms with Gasteiger partial charge in [-0.25, -0.2) is 13.4 Å². The highest BCUT2D eigenvalue weighted by molar-refractivity contribution is 14.1. The molecule has 0 aliphatic heterocycles. The van der Waals surface area contributed by atoms with Gasteiger partial charge in [0, 0.05) is 6.20 Å². The van der Waals surface area contributed by atoms with Gasteiger partial charge in [0.1, 0.15) is 0 Å². The summed E-state index contributed by atoms with van der Waals surface area (Å²) in [5.41, 5.74) is 0. The SMILES string of the molecule is CS(=O)(=O)Nc1ncccc1I. The molecule has 1 heterocycles. The first-order valence-corrected chi connectivity index (χ1v) is 6.04. The fourth-order valence-electron chi connectivity index (χ4n) is 0.636. The lowest BCUT2D eigenvalue weighted by atomic mass is 10.5. The molecule has 0 bridgehead atoms. The van der Waals surface area contributed by atoms with E-state index in [1.807, 2.05) is 22.6 Å². The summed E-state index contributed by atoms with van der Waals surface area (Å²) in [6, 6.07) is 3.52. The maximum absolute atomic E-state index is 10.8. The lowest BCUT2D eigenvalue weighted by molar-refractivity contribution is 0.606. The number of aromatic nitrogens is 1. The molecule has 0 aromatic carbocycles. The summed E-state index contributed by atoms with van der Waals surface area (Å²) in [7, 11) is -3.22. The molecule has 0 amide bonds. The first kappa shape index (κ1) is 9.72. The van der Waals surface area contributed by atoms with Crippen molar-refractivity contribution in [1.29, 1.82) is 0 Å². The van der Waals surface area contributed by atoms with Crippen molar-refractivity contribution in [1.82, 2.24) is 4.98 Å². The standard InChI is InChI=1S/C6H7IN2O2S/c1-12(10,11)9-6-5(7)3-2-4-8-6/h2-4H,1H3,(H,8,9). The Labute approximate surface area is 84.6 Å². The monoisotopic (exact) mass is 298 g/mol. The maximum Gasteiger partial charge on any atom is 0.231 e. The van der Waals surface area contributed by atoms with E-state index in [0.717, 1.165) is 9.83 Å². The highest BCUT2D eigenvalue weighted by atomic mass is 127. The van der Waals surface area contributed by atoms with E-state index in [9.17, 15) is 8.42 Å².